The number of carbonyl (C=O) groups is 4. The van der Waals surface area contributed by atoms with E-state index in [0.29, 0.717) is 37.4 Å². The summed E-state index contributed by atoms with van der Waals surface area (Å²) >= 11 is 0. The Hall–Kier alpha value is -4.00. The molecule has 256 valence electrons. The van der Waals surface area contributed by atoms with Gasteiger partial charge in [0, 0.05) is 50.7 Å². The first-order valence-corrected chi connectivity index (χ1v) is 17.1. The number of aromatic nitrogens is 2. The topological polar surface area (TPSA) is 132 Å². The van der Waals surface area contributed by atoms with Crippen molar-refractivity contribution in [2.24, 2.45) is 5.92 Å². The molecule has 2 aliphatic carbocycles. The van der Waals surface area contributed by atoms with Gasteiger partial charge in [-0.15, -0.1) is 0 Å². The molecule has 0 spiro atoms. The van der Waals surface area contributed by atoms with Crippen LogP contribution >= 0.6 is 0 Å². The van der Waals surface area contributed by atoms with Crippen molar-refractivity contribution < 1.29 is 23.6 Å². The number of piperazine rings is 1. The fourth-order valence-electron chi connectivity index (χ4n) is 6.78. The maximum atomic E-state index is 15.8. The summed E-state index contributed by atoms with van der Waals surface area (Å²) in [6, 6.07) is 4.16. The number of aryl methyl sites for hydroxylation is 1. The summed E-state index contributed by atoms with van der Waals surface area (Å²) in [5.41, 5.74) is 0.502. The Morgan fingerprint density at radius 2 is 1.74 bits per heavy atom. The molecule has 2 heterocycles. The Morgan fingerprint density at radius 1 is 1.04 bits per heavy atom. The van der Waals surface area contributed by atoms with Crippen molar-refractivity contribution in [1.82, 2.24) is 30.2 Å². The van der Waals surface area contributed by atoms with Gasteiger partial charge in [-0.2, -0.15) is 5.10 Å². The highest BCUT2D eigenvalue weighted by molar-refractivity contribution is 6.00. The number of nitrogens with one attached hydrogen (secondary N) is 3. The van der Waals surface area contributed by atoms with Gasteiger partial charge in [-0.3, -0.25) is 19.3 Å². The first-order chi connectivity index (χ1) is 22.7. The number of hydrogen-bond acceptors (Lipinski definition) is 6. The summed E-state index contributed by atoms with van der Waals surface area (Å²) in [6.07, 6.45) is 9.71. The Labute approximate surface area is 276 Å². The van der Waals surface area contributed by atoms with E-state index >= 15 is 4.39 Å². The average Bonchev–Trinajstić information content (AvgIpc) is 3.82. The number of nitrogens with zero attached hydrogens (tertiary/aromatic N) is 5. The van der Waals surface area contributed by atoms with Gasteiger partial charge in [0.15, 0.2) is 0 Å². The molecular formula is C34H49FN8O4. The maximum absolute atomic E-state index is 15.8. The zero-order chi connectivity index (χ0) is 33.5. The Kier molecular flexibility index (Phi) is 11.5. The smallest absolute Gasteiger partial charge is 0.315 e. The second kappa shape index (κ2) is 15.7. The lowest BCUT2D eigenvalue weighted by Crippen LogP contribution is -2.57. The SMILES string of the molecule is CCn1nccc1N(C=O)[C@H](C(=O)Nc1ccc([C@H](C)[C@@H](NC(=O)NC2CC2)C(=O)N2CCN(C)CC2)cc1F)C1CCCCCC1. The fourth-order valence-corrected chi connectivity index (χ4v) is 6.78. The summed E-state index contributed by atoms with van der Waals surface area (Å²) in [6.45, 7) is 6.78. The molecule has 3 fully saturated rings. The van der Waals surface area contributed by atoms with Crippen LogP contribution in [-0.4, -0.2) is 95.2 Å². The fraction of sp³-hybridized carbons (Fsp3) is 0.618. The molecule has 3 atom stereocenters. The van der Waals surface area contributed by atoms with Crippen LogP contribution in [0, 0.1) is 11.7 Å². The van der Waals surface area contributed by atoms with E-state index in [4.69, 9.17) is 0 Å². The van der Waals surface area contributed by atoms with Crippen molar-refractivity contribution in [3.8, 4) is 0 Å². The molecule has 0 bridgehead atoms. The van der Waals surface area contributed by atoms with Gasteiger partial charge in [0.1, 0.15) is 23.7 Å². The molecule has 1 saturated heterocycles. The van der Waals surface area contributed by atoms with E-state index in [1.807, 2.05) is 14.0 Å². The predicted molar refractivity (Wildman–Crippen MR) is 177 cm³/mol. The van der Waals surface area contributed by atoms with Crippen LogP contribution in [0.25, 0.3) is 0 Å². The lowest BCUT2D eigenvalue weighted by atomic mass is 9.89. The van der Waals surface area contributed by atoms with Gasteiger partial charge in [0.25, 0.3) is 0 Å². The number of benzene rings is 1. The first kappa shape index (κ1) is 34.3. The highest BCUT2D eigenvalue weighted by Gasteiger charge is 2.37. The normalized spacial score (nSPS) is 19.6. The van der Waals surface area contributed by atoms with Gasteiger partial charge in [-0.25, -0.2) is 13.9 Å². The number of hydrogen-bond donors (Lipinski definition) is 3. The summed E-state index contributed by atoms with van der Waals surface area (Å²) < 4.78 is 17.5. The molecule has 1 aromatic heterocycles. The van der Waals surface area contributed by atoms with Crippen LogP contribution in [0.4, 0.5) is 20.7 Å². The number of halogens is 1. The first-order valence-electron chi connectivity index (χ1n) is 17.1. The molecule has 47 heavy (non-hydrogen) atoms. The van der Waals surface area contributed by atoms with E-state index in [1.165, 1.54) is 17.0 Å². The number of amides is 5. The molecule has 0 radical (unpaired) electrons. The number of rotatable bonds is 12. The molecule has 13 heteroatoms. The van der Waals surface area contributed by atoms with Gasteiger partial charge in [0.2, 0.25) is 18.2 Å². The average molecular weight is 653 g/mol. The summed E-state index contributed by atoms with van der Waals surface area (Å²) in [4.78, 5) is 58.3. The van der Waals surface area contributed by atoms with Gasteiger partial charge in [0.05, 0.1) is 11.9 Å². The third-order valence-corrected chi connectivity index (χ3v) is 9.84. The molecule has 5 amide bonds. The van der Waals surface area contributed by atoms with E-state index in [0.717, 1.165) is 64.5 Å². The van der Waals surface area contributed by atoms with E-state index in [-0.39, 0.29) is 23.6 Å². The van der Waals surface area contributed by atoms with Crippen molar-refractivity contribution in [3.63, 3.8) is 0 Å². The van der Waals surface area contributed by atoms with Crippen LogP contribution in [-0.2, 0) is 20.9 Å². The number of likely N-dealkylation sites (N-methyl/N-ethyl adjacent to an activating group) is 1. The Bertz CT molecular complexity index is 1400. The Morgan fingerprint density at radius 3 is 2.36 bits per heavy atom. The second-order valence-corrected chi connectivity index (χ2v) is 13.2. The van der Waals surface area contributed by atoms with Crippen LogP contribution in [0.15, 0.2) is 30.5 Å². The molecule has 5 rings (SSSR count). The number of urea groups is 1. The standard InChI is InChI=1S/C34H49FN8O4/c1-4-43-29(15-16-36-43)42(22-44)31(24-9-7-5-6-8-10-24)32(45)38-28-14-11-25(21-27(28)35)23(2)30(39-34(47)37-26-12-13-26)33(46)41-19-17-40(3)18-20-41/h11,14-16,21-24,26,30-31H,4-10,12-13,17-20H2,1-3H3,(H,38,45)(H2,37,39,47)/t23-,30+,31-/m0/s1. The van der Waals surface area contributed by atoms with Gasteiger partial charge >= 0.3 is 6.03 Å². The molecule has 2 saturated carbocycles. The van der Waals surface area contributed by atoms with Crippen molar-refractivity contribution in [2.45, 2.75) is 95.8 Å². The zero-order valence-corrected chi connectivity index (χ0v) is 27.8. The molecule has 1 aliphatic heterocycles. The highest BCUT2D eigenvalue weighted by atomic mass is 19.1. The van der Waals surface area contributed by atoms with Crippen molar-refractivity contribution in [1.29, 1.82) is 0 Å². The minimum absolute atomic E-state index is 0.0131. The third kappa shape index (κ3) is 8.48. The van der Waals surface area contributed by atoms with Gasteiger partial charge in [-0.1, -0.05) is 38.7 Å². The largest absolute Gasteiger partial charge is 0.338 e. The Balaban J connectivity index is 1.36. The van der Waals surface area contributed by atoms with E-state index in [2.05, 4.69) is 25.9 Å². The van der Waals surface area contributed by atoms with Crippen LogP contribution in [0.5, 0.6) is 0 Å². The minimum atomic E-state index is -0.902. The van der Waals surface area contributed by atoms with Crippen LogP contribution in [0.1, 0.15) is 76.7 Å². The molecule has 3 N–H and O–H groups in total. The molecular weight excluding hydrogens is 603 g/mol. The van der Waals surface area contributed by atoms with Crippen molar-refractivity contribution in [2.75, 3.05) is 43.4 Å². The number of anilines is 2. The maximum Gasteiger partial charge on any atom is 0.315 e. The third-order valence-electron chi connectivity index (χ3n) is 9.84. The summed E-state index contributed by atoms with van der Waals surface area (Å²) in [5, 5.41) is 12.8. The minimum Gasteiger partial charge on any atom is -0.338 e. The van der Waals surface area contributed by atoms with Crippen LogP contribution in [0.3, 0.4) is 0 Å². The summed E-state index contributed by atoms with van der Waals surface area (Å²) in [5.74, 6) is -1.46. The van der Waals surface area contributed by atoms with Crippen LogP contribution < -0.4 is 20.9 Å². The van der Waals surface area contributed by atoms with E-state index in [9.17, 15) is 19.2 Å². The summed E-state index contributed by atoms with van der Waals surface area (Å²) in [7, 11) is 2.00. The molecule has 1 aromatic carbocycles. The van der Waals surface area contributed by atoms with Crippen molar-refractivity contribution in [3.05, 3.63) is 41.8 Å². The van der Waals surface area contributed by atoms with Crippen LogP contribution in [0.2, 0.25) is 0 Å². The second-order valence-electron chi connectivity index (χ2n) is 13.2. The van der Waals surface area contributed by atoms with E-state index in [1.54, 1.807) is 34.8 Å². The zero-order valence-electron chi connectivity index (χ0n) is 27.8. The molecule has 3 aliphatic rings. The molecule has 0 unspecified atom stereocenters. The highest BCUT2D eigenvalue weighted by Crippen LogP contribution is 2.32. The molecule has 2 aromatic rings. The lowest BCUT2D eigenvalue weighted by Gasteiger charge is -2.36. The predicted octanol–water partition coefficient (Wildman–Crippen LogP) is 3.69. The molecule has 12 nitrogen and oxygen atoms in total. The number of carbonyl (C=O) groups excluding carboxylic acids is 4. The van der Waals surface area contributed by atoms with Gasteiger partial charge in [-0.05, 0) is 63.3 Å². The monoisotopic (exact) mass is 652 g/mol. The van der Waals surface area contributed by atoms with E-state index < -0.39 is 35.8 Å². The van der Waals surface area contributed by atoms with Crippen molar-refractivity contribution >= 4 is 35.8 Å². The quantitative estimate of drug-likeness (QED) is 0.237. The lowest BCUT2D eigenvalue weighted by molar-refractivity contribution is -0.135. The van der Waals surface area contributed by atoms with Gasteiger partial charge < -0.3 is 25.8 Å².